The molecular weight excluding hydrogens is 220 g/mol. The lowest BCUT2D eigenvalue weighted by atomic mass is 10.0. The fourth-order valence-electron chi connectivity index (χ4n) is 1.95. The molecule has 1 unspecified atom stereocenters. The number of nitrogens with two attached hydrogens (primary N) is 1. The summed E-state index contributed by atoms with van der Waals surface area (Å²) in [5, 5.41) is 0. The normalized spacial score (nSPS) is 15.7. The summed E-state index contributed by atoms with van der Waals surface area (Å²) in [6.07, 6.45) is 0.355. The third-order valence-corrected chi connectivity index (χ3v) is 2.99. The molecule has 0 aromatic heterocycles. The van der Waals surface area contributed by atoms with E-state index in [1.807, 2.05) is 0 Å². The number of hydrogen-bond donors (Lipinski definition) is 1. The first-order valence-electron chi connectivity index (χ1n) is 5.27. The van der Waals surface area contributed by atoms with E-state index < -0.39 is 12.0 Å². The van der Waals surface area contributed by atoms with Crippen LogP contribution in [-0.2, 0) is 20.7 Å². The topological polar surface area (TPSA) is 72.6 Å². The van der Waals surface area contributed by atoms with Gasteiger partial charge in [-0.05, 0) is 17.2 Å². The van der Waals surface area contributed by atoms with Crippen LogP contribution in [0.15, 0.2) is 18.2 Å². The zero-order valence-corrected chi connectivity index (χ0v) is 9.77. The van der Waals surface area contributed by atoms with Crippen molar-refractivity contribution in [1.29, 1.82) is 0 Å². The lowest BCUT2D eigenvalue weighted by molar-refractivity contribution is -0.142. The van der Waals surface area contributed by atoms with Crippen molar-refractivity contribution >= 4 is 17.6 Å². The number of benzene rings is 1. The molecule has 0 spiro atoms. The fraction of sp³-hybridized carbons (Fsp3) is 0.333. The molecule has 5 heteroatoms. The van der Waals surface area contributed by atoms with Gasteiger partial charge in [0.1, 0.15) is 6.04 Å². The van der Waals surface area contributed by atoms with Crippen molar-refractivity contribution < 1.29 is 14.3 Å². The number of ether oxygens (including phenoxy) is 1. The SMILES string of the molecule is COC(=O)C(N)c1ccc2c(c1)CC(=O)N2C. The highest BCUT2D eigenvalue weighted by atomic mass is 16.5. The predicted molar refractivity (Wildman–Crippen MR) is 62.5 cm³/mol. The van der Waals surface area contributed by atoms with Crippen molar-refractivity contribution in [3.05, 3.63) is 29.3 Å². The molecule has 0 saturated carbocycles. The van der Waals surface area contributed by atoms with Crippen molar-refractivity contribution in [2.45, 2.75) is 12.5 Å². The molecule has 0 aliphatic carbocycles. The van der Waals surface area contributed by atoms with Crippen molar-refractivity contribution in [2.24, 2.45) is 5.73 Å². The summed E-state index contributed by atoms with van der Waals surface area (Å²) in [5.41, 5.74) is 8.17. The van der Waals surface area contributed by atoms with Gasteiger partial charge in [-0.15, -0.1) is 0 Å². The van der Waals surface area contributed by atoms with Gasteiger partial charge in [-0.25, -0.2) is 0 Å². The van der Waals surface area contributed by atoms with E-state index in [4.69, 9.17) is 5.73 Å². The number of carbonyl (C=O) groups excluding carboxylic acids is 2. The molecular formula is C12H14N2O3. The maximum absolute atomic E-state index is 11.5. The number of methoxy groups -OCH3 is 1. The minimum atomic E-state index is -0.800. The summed E-state index contributed by atoms with van der Waals surface area (Å²) in [6, 6.07) is 4.54. The highest BCUT2D eigenvalue weighted by molar-refractivity contribution is 6.01. The van der Waals surface area contributed by atoms with Crippen LogP contribution in [0.4, 0.5) is 5.69 Å². The van der Waals surface area contributed by atoms with Crippen LogP contribution in [0.25, 0.3) is 0 Å². The molecule has 0 fully saturated rings. The Morgan fingerprint density at radius 2 is 2.24 bits per heavy atom. The van der Waals surface area contributed by atoms with Crippen LogP contribution in [0, 0.1) is 0 Å². The minimum absolute atomic E-state index is 0.0452. The molecule has 1 aliphatic heterocycles. The summed E-state index contributed by atoms with van der Waals surface area (Å²) >= 11 is 0. The van der Waals surface area contributed by atoms with Gasteiger partial charge >= 0.3 is 5.97 Å². The summed E-state index contributed by atoms with van der Waals surface area (Å²) in [7, 11) is 3.03. The second-order valence-corrected chi connectivity index (χ2v) is 4.02. The molecule has 1 aliphatic rings. The van der Waals surface area contributed by atoms with E-state index in [9.17, 15) is 9.59 Å². The van der Waals surface area contributed by atoms with Gasteiger partial charge in [-0.2, -0.15) is 0 Å². The van der Waals surface area contributed by atoms with E-state index >= 15 is 0 Å². The maximum atomic E-state index is 11.5. The molecule has 0 radical (unpaired) electrons. The van der Waals surface area contributed by atoms with Crippen LogP contribution in [0.2, 0.25) is 0 Å². The zero-order valence-electron chi connectivity index (χ0n) is 9.77. The van der Waals surface area contributed by atoms with Gasteiger partial charge in [0.15, 0.2) is 0 Å². The molecule has 1 heterocycles. The number of carbonyl (C=O) groups is 2. The maximum Gasteiger partial charge on any atom is 0.327 e. The van der Waals surface area contributed by atoms with Crippen LogP contribution in [0.5, 0.6) is 0 Å². The van der Waals surface area contributed by atoms with E-state index in [1.165, 1.54) is 7.11 Å². The molecule has 2 N–H and O–H groups in total. The van der Waals surface area contributed by atoms with Crippen molar-refractivity contribution in [3.63, 3.8) is 0 Å². The monoisotopic (exact) mass is 234 g/mol. The molecule has 17 heavy (non-hydrogen) atoms. The third kappa shape index (κ3) is 1.89. The van der Waals surface area contributed by atoms with Gasteiger partial charge in [0, 0.05) is 12.7 Å². The van der Waals surface area contributed by atoms with Crippen LogP contribution in [0.3, 0.4) is 0 Å². The number of hydrogen-bond acceptors (Lipinski definition) is 4. The number of amides is 1. The molecule has 0 bridgehead atoms. The smallest absolute Gasteiger partial charge is 0.327 e. The second kappa shape index (κ2) is 4.18. The Kier molecular flexibility index (Phi) is 2.85. The Morgan fingerprint density at radius 1 is 1.53 bits per heavy atom. The summed E-state index contributed by atoms with van der Waals surface area (Å²) in [5.74, 6) is -0.439. The summed E-state index contributed by atoms with van der Waals surface area (Å²) < 4.78 is 4.59. The van der Waals surface area contributed by atoms with E-state index in [0.29, 0.717) is 12.0 Å². The summed E-state index contributed by atoms with van der Waals surface area (Å²) in [6.45, 7) is 0. The van der Waals surface area contributed by atoms with Crippen molar-refractivity contribution in [1.82, 2.24) is 0 Å². The van der Waals surface area contributed by atoms with Gasteiger partial charge in [-0.3, -0.25) is 9.59 Å². The van der Waals surface area contributed by atoms with Gasteiger partial charge in [0.2, 0.25) is 5.91 Å². The number of likely N-dealkylation sites (N-methyl/N-ethyl adjacent to an activating group) is 1. The lowest BCUT2D eigenvalue weighted by Gasteiger charge is -2.13. The number of fused-ring (bicyclic) bond motifs is 1. The Bertz CT molecular complexity index is 485. The van der Waals surface area contributed by atoms with E-state index in [-0.39, 0.29) is 5.91 Å². The average molecular weight is 234 g/mol. The lowest BCUT2D eigenvalue weighted by Crippen LogP contribution is -2.22. The summed E-state index contributed by atoms with van der Waals surface area (Å²) in [4.78, 5) is 24.4. The first-order valence-corrected chi connectivity index (χ1v) is 5.27. The molecule has 1 amide bonds. The van der Waals surface area contributed by atoms with Gasteiger partial charge in [-0.1, -0.05) is 12.1 Å². The molecule has 5 nitrogen and oxygen atoms in total. The average Bonchev–Trinajstić information content (AvgIpc) is 2.62. The van der Waals surface area contributed by atoms with Crippen LogP contribution < -0.4 is 10.6 Å². The highest BCUT2D eigenvalue weighted by Gasteiger charge is 2.25. The van der Waals surface area contributed by atoms with Crippen LogP contribution in [0.1, 0.15) is 17.2 Å². The minimum Gasteiger partial charge on any atom is -0.468 e. The highest BCUT2D eigenvalue weighted by Crippen LogP contribution is 2.29. The molecule has 1 aromatic rings. The Balaban J connectivity index is 2.33. The second-order valence-electron chi connectivity index (χ2n) is 4.02. The van der Waals surface area contributed by atoms with E-state index in [0.717, 1.165) is 11.3 Å². The largest absolute Gasteiger partial charge is 0.468 e. The molecule has 1 atom stereocenters. The number of anilines is 1. The van der Waals surface area contributed by atoms with Crippen LogP contribution >= 0.6 is 0 Å². The third-order valence-electron chi connectivity index (χ3n) is 2.99. The molecule has 90 valence electrons. The van der Waals surface area contributed by atoms with Gasteiger partial charge < -0.3 is 15.4 Å². The Hall–Kier alpha value is -1.88. The number of esters is 1. The Labute approximate surface area is 99.2 Å². The Morgan fingerprint density at radius 3 is 2.88 bits per heavy atom. The molecule has 2 rings (SSSR count). The standard InChI is InChI=1S/C12H14N2O3/c1-14-9-4-3-7(11(13)12(16)17-2)5-8(9)6-10(14)15/h3-5,11H,6,13H2,1-2H3. The first-order chi connectivity index (χ1) is 8.04. The molecule has 1 aromatic carbocycles. The first kappa shape index (κ1) is 11.6. The van der Waals surface area contributed by atoms with Crippen molar-refractivity contribution in [3.8, 4) is 0 Å². The van der Waals surface area contributed by atoms with E-state index in [1.54, 1.807) is 30.1 Å². The quantitative estimate of drug-likeness (QED) is 0.751. The zero-order chi connectivity index (χ0) is 12.6. The van der Waals surface area contributed by atoms with E-state index in [2.05, 4.69) is 4.74 Å². The van der Waals surface area contributed by atoms with Gasteiger partial charge in [0.05, 0.1) is 13.5 Å². The molecule has 0 saturated heterocycles. The van der Waals surface area contributed by atoms with Gasteiger partial charge in [0.25, 0.3) is 0 Å². The predicted octanol–water partition coefficient (Wildman–Crippen LogP) is 0.378. The van der Waals surface area contributed by atoms with Crippen LogP contribution in [-0.4, -0.2) is 26.0 Å². The number of rotatable bonds is 2. The number of nitrogens with zero attached hydrogens (tertiary/aromatic N) is 1. The fourth-order valence-corrected chi connectivity index (χ4v) is 1.95. The van der Waals surface area contributed by atoms with Crippen molar-refractivity contribution in [2.75, 3.05) is 19.1 Å².